The van der Waals surface area contributed by atoms with Crippen molar-refractivity contribution >= 4 is 66.9 Å². The Bertz CT molecular complexity index is 2790. The Labute approximate surface area is 389 Å². The van der Waals surface area contributed by atoms with Crippen LogP contribution in [0.15, 0.2) is 89.5 Å². The Morgan fingerprint density at radius 1 is 0.985 bits per heavy atom. The highest BCUT2D eigenvalue weighted by atomic mass is 35.5. The van der Waals surface area contributed by atoms with Crippen molar-refractivity contribution in [3.63, 3.8) is 0 Å². The normalized spacial score (nSPS) is 21.3. The number of halogens is 1. The van der Waals surface area contributed by atoms with E-state index in [2.05, 4.69) is 50.5 Å². The molecule has 17 heteroatoms. The van der Waals surface area contributed by atoms with Crippen molar-refractivity contribution in [2.75, 3.05) is 62.3 Å². The van der Waals surface area contributed by atoms with E-state index in [1.165, 1.54) is 28.8 Å². The summed E-state index contributed by atoms with van der Waals surface area (Å²) in [5.41, 5.74) is 5.75. The summed E-state index contributed by atoms with van der Waals surface area (Å²) in [7, 11) is -4.61. The van der Waals surface area contributed by atoms with Gasteiger partial charge < -0.3 is 29.4 Å². The molecule has 2 fully saturated rings. The number of sulfonamides is 1. The molecular formula is C49H56ClN7O8S. The van der Waals surface area contributed by atoms with Gasteiger partial charge in [-0.1, -0.05) is 43.2 Å². The smallest absolute Gasteiger partial charge is 0.312 e. The topological polar surface area (TPSA) is 183 Å². The first-order chi connectivity index (χ1) is 31.5. The first-order valence-corrected chi connectivity index (χ1v) is 24.5. The van der Waals surface area contributed by atoms with Crippen molar-refractivity contribution in [2.45, 2.75) is 76.2 Å². The molecule has 3 N–H and O–H groups in total. The number of allylic oxidation sites excluding steroid dienone is 1. The molecule has 0 radical (unpaired) electrons. The molecule has 2 aliphatic carbocycles. The van der Waals surface area contributed by atoms with E-state index in [1.807, 2.05) is 41.3 Å². The van der Waals surface area contributed by atoms with Crippen molar-refractivity contribution < 1.29 is 32.7 Å². The number of fused-ring (bicyclic) bond motifs is 2. The number of amides is 1. The molecule has 9 rings (SSSR count). The van der Waals surface area contributed by atoms with Crippen LogP contribution in [-0.2, 0) is 10.0 Å². The maximum absolute atomic E-state index is 14.3. The van der Waals surface area contributed by atoms with E-state index >= 15 is 0 Å². The number of H-pyrrole nitrogens is 1. The van der Waals surface area contributed by atoms with Crippen molar-refractivity contribution in [2.24, 2.45) is 11.3 Å². The number of pyridine rings is 1. The lowest BCUT2D eigenvalue weighted by Gasteiger charge is -2.39. The van der Waals surface area contributed by atoms with Crippen LogP contribution in [0.4, 0.5) is 22.7 Å². The summed E-state index contributed by atoms with van der Waals surface area (Å²) in [6.45, 7) is 11.3. The van der Waals surface area contributed by atoms with Gasteiger partial charge in [-0.3, -0.25) is 19.8 Å². The number of carbonyl (C=O) groups excluding carboxylic acids is 1. The van der Waals surface area contributed by atoms with Crippen LogP contribution in [0.2, 0.25) is 5.02 Å². The summed E-state index contributed by atoms with van der Waals surface area (Å²) in [5.74, 6) is -0.512. The van der Waals surface area contributed by atoms with Gasteiger partial charge in [0.1, 0.15) is 17.9 Å². The van der Waals surface area contributed by atoms with E-state index < -0.39 is 37.0 Å². The van der Waals surface area contributed by atoms with Crippen LogP contribution >= 0.6 is 11.6 Å². The molecule has 0 bridgehead atoms. The number of rotatable bonds is 12. The van der Waals surface area contributed by atoms with Gasteiger partial charge in [0, 0.05) is 61.1 Å². The fraction of sp³-hybridized carbons (Fsp3) is 0.429. The first-order valence-electron chi connectivity index (χ1n) is 22.7. The molecule has 1 amide bonds. The maximum atomic E-state index is 14.3. The van der Waals surface area contributed by atoms with Gasteiger partial charge in [0.25, 0.3) is 15.9 Å². The molecule has 1 saturated carbocycles. The zero-order chi connectivity index (χ0) is 46.4. The number of piperazine rings is 1. The van der Waals surface area contributed by atoms with Gasteiger partial charge in [0.15, 0.2) is 5.75 Å². The Hall–Kier alpha value is -5.68. The molecule has 1 saturated heterocycles. The molecule has 15 nitrogen and oxygen atoms in total. The largest absolute Gasteiger partial charge is 0.487 e. The molecule has 0 atom stereocenters. The number of aromatic nitrogens is 2. The molecule has 3 aromatic carbocycles. The average molecular weight is 939 g/mol. The Kier molecular flexibility index (Phi) is 12.5. The summed E-state index contributed by atoms with van der Waals surface area (Å²) >= 11 is 6.27. The third kappa shape index (κ3) is 9.87. The number of aromatic amines is 1. The SMILES string of the molecule is CC1(C)CCC(CN2CCN(c3ccc(C(=O)NS(=O)(=O)c4ccc(OC[C@H]5CC[C@@](C)(O)CC5)c([N+](=O)[O-])c4)c(N4CCOc5nc6[nH]ccc6cc54)c3)CC2)=C(c2ccc(Cl)cc2)C1. The van der Waals surface area contributed by atoms with Crippen molar-refractivity contribution in [3.8, 4) is 11.6 Å². The molecule has 4 aliphatic rings. The quantitative estimate of drug-likeness (QED) is 0.0799. The van der Waals surface area contributed by atoms with Crippen LogP contribution in [0.1, 0.15) is 81.6 Å². The van der Waals surface area contributed by atoms with Gasteiger partial charge >= 0.3 is 5.69 Å². The highest BCUT2D eigenvalue weighted by Crippen LogP contribution is 2.44. The highest BCUT2D eigenvalue weighted by Gasteiger charge is 2.33. The van der Waals surface area contributed by atoms with E-state index in [1.54, 1.807) is 19.2 Å². The number of nitro benzene ring substituents is 1. The van der Waals surface area contributed by atoms with Crippen molar-refractivity contribution in [1.82, 2.24) is 19.6 Å². The number of nitro groups is 1. The number of anilines is 3. The second kappa shape index (κ2) is 18.2. The summed E-state index contributed by atoms with van der Waals surface area (Å²) in [6.07, 6.45) is 7.57. The van der Waals surface area contributed by atoms with Crippen molar-refractivity contribution in [1.29, 1.82) is 0 Å². The van der Waals surface area contributed by atoms with Crippen LogP contribution < -0.4 is 24.0 Å². The average Bonchev–Trinajstić information content (AvgIpc) is 3.76. The van der Waals surface area contributed by atoms with Gasteiger partial charge in [-0.2, -0.15) is 4.98 Å². The molecule has 0 unspecified atom stereocenters. The zero-order valence-electron chi connectivity index (χ0n) is 37.5. The number of ether oxygens (including phenoxy) is 2. The predicted octanol–water partition coefficient (Wildman–Crippen LogP) is 8.88. The Morgan fingerprint density at radius 2 is 1.74 bits per heavy atom. The Morgan fingerprint density at radius 3 is 2.48 bits per heavy atom. The second-order valence-electron chi connectivity index (χ2n) is 19.2. The van der Waals surface area contributed by atoms with Crippen molar-refractivity contribution in [3.05, 3.63) is 111 Å². The lowest BCUT2D eigenvalue weighted by atomic mass is 9.72. The minimum absolute atomic E-state index is 0.0738. The zero-order valence-corrected chi connectivity index (χ0v) is 39.1. The summed E-state index contributed by atoms with van der Waals surface area (Å²) < 4.78 is 41.9. The number of nitrogens with one attached hydrogen (secondary N) is 2. The summed E-state index contributed by atoms with van der Waals surface area (Å²) in [6, 6.07) is 20.8. The van der Waals surface area contributed by atoms with Crippen LogP contribution in [0.3, 0.4) is 0 Å². The first kappa shape index (κ1) is 45.5. The molecule has 4 heterocycles. The number of benzene rings is 3. The van der Waals surface area contributed by atoms with E-state index in [9.17, 15) is 28.4 Å². The third-order valence-corrected chi connectivity index (χ3v) is 15.3. The number of nitrogens with zero attached hydrogens (tertiary/aromatic N) is 5. The highest BCUT2D eigenvalue weighted by molar-refractivity contribution is 7.90. The molecule has 0 spiro atoms. The van der Waals surface area contributed by atoms with Crippen LogP contribution in [0, 0.1) is 21.4 Å². The van der Waals surface area contributed by atoms with Gasteiger partial charge in [-0.15, -0.1) is 0 Å². The monoisotopic (exact) mass is 937 g/mol. The predicted molar refractivity (Wildman–Crippen MR) is 256 cm³/mol. The molecule has 5 aromatic rings. The number of hydrogen-bond acceptors (Lipinski definition) is 12. The maximum Gasteiger partial charge on any atom is 0.312 e. The molecular weight excluding hydrogens is 882 g/mol. The van der Waals surface area contributed by atoms with E-state index in [0.717, 1.165) is 74.1 Å². The number of hydrogen-bond donors (Lipinski definition) is 3. The van der Waals surface area contributed by atoms with Gasteiger partial charge in [-0.25, -0.2) is 13.1 Å². The van der Waals surface area contributed by atoms with E-state index in [0.29, 0.717) is 55.1 Å². The minimum Gasteiger partial charge on any atom is -0.487 e. The fourth-order valence-corrected chi connectivity index (χ4v) is 10.8. The molecule has 2 aliphatic heterocycles. The minimum atomic E-state index is -4.61. The lowest BCUT2D eigenvalue weighted by Crippen LogP contribution is -2.47. The van der Waals surface area contributed by atoms with Gasteiger partial charge in [-0.05, 0) is 129 Å². The van der Waals surface area contributed by atoms with E-state index in [4.69, 9.17) is 21.1 Å². The second-order valence-corrected chi connectivity index (χ2v) is 21.3. The third-order valence-electron chi connectivity index (χ3n) is 13.7. The van der Waals surface area contributed by atoms with Crippen LogP contribution in [0.5, 0.6) is 11.6 Å². The van der Waals surface area contributed by atoms with Crippen LogP contribution in [-0.4, -0.2) is 97.3 Å². The van der Waals surface area contributed by atoms with E-state index in [-0.39, 0.29) is 35.9 Å². The molecule has 66 heavy (non-hydrogen) atoms. The standard InChI is InChI=1S/C49H56ClN7O8S/c1-48(2)16-14-35(40(29-48)33-4-6-36(50)7-5-33)30-54-20-22-55(23-21-54)37-8-10-39(41(27-37)56-24-25-64-47-43(56)26-34-15-19-51-45(34)52-47)46(58)53-66(62,63)38-9-11-44(42(28-38)57(60)61)65-31-32-12-17-49(3,59)18-13-32/h4-11,15,19,26-28,32,59H,12-14,16-18,20-25,29-31H2,1-3H3,(H,51,52)(H,53,58)/t32-,49+. The van der Waals surface area contributed by atoms with Crippen LogP contribution in [0.25, 0.3) is 16.6 Å². The number of aliphatic hydroxyl groups is 1. The molecule has 2 aromatic heterocycles. The van der Waals surface area contributed by atoms with Gasteiger partial charge in [0.05, 0.1) is 39.8 Å². The summed E-state index contributed by atoms with van der Waals surface area (Å²) in [4.78, 5) is 39.9. The summed E-state index contributed by atoms with van der Waals surface area (Å²) in [5, 5.41) is 24.1. The molecule has 348 valence electrons. The fourth-order valence-electron chi connectivity index (χ4n) is 9.73. The lowest BCUT2D eigenvalue weighted by molar-refractivity contribution is -0.386. The van der Waals surface area contributed by atoms with Gasteiger partial charge in [0.2, 0.25) is 5.88 Å². The Balaban J connectivity index is 0.964. The number of carbonyl (C=O) groups is 1.